The molecule has 0 saturated heterocycles. The lowest BCUT2D eigenvalue weighted by Gasteiger charge is -2.21. The first kappa shape index (κ1) is 12.8. The van der Waals surface area contributed by atoms with Gasteiger partial charge in [-0.1, -0.05) is 0 Å². The SMILES string of the molecule is CNc1nc(N[C@@H]2CCC[C@@H]2n2cccn2)ncc1F. The van der Waals surface area contributed by atoms with Crippen molar-refractivity contribution in [3.8, 4) is 0 Å². The van der Waals surface area contributed by atoms with E-state index in [0.29, 0.717) is 5.95 Å². The van der Waals surface area contributed by atoms with Gasteiger partial charge in [-0.05, 0) is 25.3 Å². The number of nitrogens with one attached hydrogen (secondary N) is 2. The van der Waals surface area contributed by atoms with Gasteiger partial charge in [0.2, 0.25) is 5.95 Å². The van der Waals surface area contributed by atoms with Crippen molar-refractivity contribution in [2.75, 3.05) is 17.7 Å². The number of halogens is 1. The van der Waals surface area contributed by atoms with Crippen LogP contribution in [0.15, 0.2) is 24.7 Å². The molecule has 1 aliphatic rings. The summed E-state index contributed by atoms with van der Waals surface area (Å²) in [6.45, 7) is 0. The van der Waals surface area contributed by atoms with Crippen LogP contribution in [0.25, 0.3) is 0 Å². The second kappa shape index (κ2) is 5.44. The predicted octanol–water partition coefficient (Wildman–Crippen LogP) is 2.06. The van der Waals surface area contributed by atoms with Crippen molar-refractivity contribution < 1.29 is 4.39 Å². The van der Waals surface area contributed by atoms with Crippen molar-refractivity contribution in [1.29, 1.82) is 0 Å². The second-order valence-electron chi connectivity index (χ2n) is 4.88. The Hall–Kier alpha value is -2.18. The van der Waals surface area contributed by atoms with Crippen LogP contribution >= 0.6 is 0 Å². The van der Waals surface area contributed by atoms with Crippen molar-refractivity contribution >= 4 is 11.8 Å². The first-order chi connectivity index (χ1) is 9.78. The zero-order valence-electron chi connectivity index (χ0n) is 11.3. The van der Waals surface area contributed by atoms with Gasteiger partial charge in [0.15, 0.2) is 11.6 Å². The Morgan fingerprint density at radius 1 is 1.40 bits per heavy atom. The van der Waals surface area contributed by atoms with E-state index >= 15 is 0 Å². The minimum absolute atomic E-state index is 0.205. The maximum absolute atomic E-state index is 13.4. The summed E-state index contributed by atoms with van der Waals surface area (Å²) in [6.07, 6.45) is 8.15. The highest BCUT2D eigenvalue weighted by Crippen LogP contribution is 2.31. The maximum Gasteiger partial charge on any atom is 0.225 e. The number of hydrogen-bond donors (Lipinski definition) is 2. The molecule has 106 valence electrons. The summed E-state index contributed by atoms with van der Waals surface area (Å²) in [5.74, 6) is 0.198. The van der Waals surface area contributed by atoms with E-state index in [0.717, 1.165) is 19.3 Å². The lowest BCUT2D eigenvalue weighted by molar-refractivity contribution is 0.436. The quantitative estimate of drug-likeness (QED) is 0.894. The van der Waals surface area contributed by atoms with E-state index in [1.165, 1.54) is 6.20 Å². The third kappa shape index (κ3) is 2.43. The molecule has 0 aliphatic heterocycles. The van der Waals surface area contributed by atoms with Crippen LogP contribution in [0, 0.1) is 5.82 Å². The highest BCUT2D eigenvalue weighted by Gasteiger charge is 2.29. The minimum Gasteiger partial charge on any atom is -0.371 e. The number of aromatic nitrogens is 4. The van der Waals surface area contributed by atoms with Crippen LogP contribution in [-0.4, -0.2) is 32.8 Å². The molecule has 1 fully saturated rings. The Labute approximate surface area is 116 Å². The van der Waals surface area contributed by atoms with Gasteiger partial charge in [0.05, 0.1) is 18.3 Å². The van der Waals surface area contributed by atoms with E-state index in [9.17, 15) is 4.39 Å². The Kier molecular flexibility index (Phi) is 3.49. The molecule has 2 N–H and O–H groups in total. The first-order valence-corrected chi connectivity index (χ1v) is 6.74. The smallest absolute Gasteiger partial charge is 0.225 e. The summed E-state index contributed by atoms with van der Waals surface area (Å²) in [6, 6.07) is 2.42. The van der Waals surface area contributed by atoms with E-state index < -0.39 is 5.82 Å². The van der Waals surface area contributed by atoms with Crippen LogP contribution in [0.1, 0.15) is 25.3 Å². The number of nitrogens with zero attached hydrogens (tertiary/aromatic N) is 4. The average Bonchev–Trinajstić information content (AvgIpc) is 3.11. The molecule has 1 saturated carbocycles. The molecule has 1 aliphatic carbocycles. The number of anilines is 2. The van der Waals surface area contributed by atoms with Crippen LogP contribution in [0.3, 0.4) is 0 Å². The Morgan fingerprint density at radius 3 is 3.05 bits per heavy atom. The monoisotopic (exact) mass is 276 g/mol. The normalized spacial score (nSPS) is 21.9. The van der Waals surface area contributed by atoms with Gasteiger partial charge < -0.3 is 10.6 Å². The lowest BCUT2D eigenvalue weighted by atomic mass is 10.2. The summed E-state index contributed by atoms with van der Waals surface area (Å²) < 4.78 is 15.3. The fraction of sp³-hybridized carbons (Fsp3) is 0.462. The van der Waals surface area contributed by atoms with Gasteiger partial charge in [0.1, 0.15) is 0 Å². The maximum atomic E-state index is 13.4. The van der Waals surface area contributed by atoms with Crippen molar-refractivity contribution in [2.45, 2.75) is 31.3 Å². The topological polar surface area (TPSA) is 67.7 Å². The molecule has 2 heterocycles. The van der Waals surface area contributed by atoms with Gasteiger partial charge in [-0.3, -0.25) is 4.68 Å². The third-order valence-corrected chi connectivity index (χ3v) is 3.64. The highest BCUT2D eigenvalue weighted by atomic mass is 19.1. The Balaban J connectivity index is 1.77. The predicted molar refractivity (Wildman–Crippen MR) is 74.1 cm³/mol. The molecule has 7 heteroatoms. The van der Waals surface area contributed by atoms with E-state index in [1.807, 2.05) is 16.9 Å². The molecular formula is C13H17FN6. The molecule has 2 atom stereocenters. The summed E-state index contributed by atoms with van der Waals surface area (Å²) in [4.78, 5) is 8.13. The first-order valence-electron chi connectivity index (χ1n) is 6.74. The van der Waals surface area contributed by atoms with Crippen molar-refractivity contribution in [3.05, 3.63) is 30.5 Å². The van der Waals surface area contributed by atoms with Gasteiger partial charge in [0, 0.05) is 19.4 Å². The van der Waals surface area contributed by atoms with Crippen LogP contribution in [0.5, 0.6) is 0 Å². The van der Waals surface area contributed by atoms with E-state index in [4.69, 9.17) is 0 Å². The highest BCUT2D eigenvalue weighted by molar-refractivity contribution is 5.41. The molecule has 0 aromatic carbocycles. The standard InChI is InChI=1S/C13H17FN6/c1-15-12-9(14)8-16-13(19-12)18-10-4-2-5-11(10)20-7-3-6-17-20/h3,6-8,10-11H,2,4-5H2,1H3,(H2,15,16,18,19)/t10-,11+/m1/s1. The zero-order chi connectivity index (χ0) is 13.9. The van der Waals surface area contributed by atoms with Gasteiger partial charge in [-0.25, -0.2) is 9.37 Å². The largest absolute Gasteiger partial charge is 0.371 e. The van der Waals surface area contributed by atoms with Gasteiger partial charge in [0.25, 0.3) is 0 Å². The molecular weight excluding hydrogens is 259 g/mol. The molecule has 0 amide bonds. The number of hydrogen-bond acceptors (Lipinski definition) is 5. The van der Waals surface area contributed by atoms with Crippen LogP contribution < -0.4 is 10.6 Å². The van der Waals surface area contributed by atoms with E-state index in [1.54, 1.807) is 13.2 Å². The zero-order valence-corrected chi connectivity index (χ0v) is 11.3. The number of rotatable bonds is 4. The molecule has 20 heavy (non-hydrogen) atoms. The Bertz CT molecular complexity index is 570. The second-order valence-corrected chi connectivity index (χ2v) is 4.88. The summed E-state index contributed by atoms with van der Waals surface area (Å²) in [5.41, 5.74) is 0. The van der Waals surface area contributed by atoms with Crippen molar-refractivity contribution in [2.24, 2.45) is 0 Å². The Morgan fingerprint density at radius 2 is 2.30 bits per heavy atom. The molecule has 0 bridgehead atoms. The fourth-order valence-corrected chi connectivity index (χ4v) is 2.68. The van der Waals surface area contributed by atoms with Crippen LogP contribution in [-0.2, 0) is 0 Å². The fourth-order valence-electron chi connectivity index (χ4n) is 2.68. The molecule has 2 aromatic rings. The van der Waals surface area contributed by atoms with Gasteiger partial charge in [-0.15, -0.1) is 0 Å². The summed E-state index contributed by atoms with van der Waals surface area (Å²) >= 11 is 0. The minimum atomic E-state index is -0.451. The molecule has 3 rings (SSSR count). The third-order valence-electron chi connectivity index (χ3n) is 3.64. The van der Waals surface area contributed by atoms with Crippen molar-refractivity contribution in [3.63, 3.8) is 0 Å². The van der Waals surface area contributed by atoms with E-state index in [2.05, 4.69) is 25.7 Å². The van der Waals surface area contributed by atoms with Gasteiger partial charge >= 0.3 is 0 Å². The molecule has 0 spiro atoms. The summed E-state index contributed by atoms with van der Waals surface area (Å²) in [5, 5.41) is 10.3. The molecule has 0 radical (unpaired) electrons. The average molecular weight is 276 g/mol. The van der Waals surface area contributed by atoms with Crippen LogP contribution in [0.2, 0.25) is 0 Å². The lowest BCUT2D eigenvalue weighted by Crippen LogP contribution is -2.28. The van der Waals surface area contributed by atoms with Crippen LogP contribution in [0.4, 0.5) is 16.2 Å². The van der Waals surface area contributed by atoms with Crippen molar-refractivity contribution in [1.82, 2.24) is 19.7 Å². The van der Waals surface area contributed by atoms with Gasteiger partial charge in [-0.2, -0.15) is 10.1 Å². The summed E-state index contributed by atoms with van der Waals surface area (Å²) in [7, 11) is 1.64. The van der Waals surface area contributed by atoms with E-state index in [-0.39, 0.29) is 17.9 Å². The molecule has 2 aromatic heterocycles. The molecule has 0 unspecified atom stereocenters. The molecule has 6 nitrogen and oxygen atoms in total.